The van der Waals surface area contributed by atoms with Crippen LogP contribution in [0.4, 0.5) is 0 Å². The van der Waals surface area contributed by atoms with Crippen molar-refractivity contribution in [2.75, 3.05) is 18.2 Å². The van der Waals surface area contributed by atoms with Crippen molar-refractivity contribution in [2.24, 2.45) is 0 Å². The smallest absolute Gasteiger partial charge is 0.238 e. The quantitative estimate of drug-likeness (QED) is 0.830. The van der Waals surface area contributed by atoms with Gasteiger partial charge in [-0.05, 0) is 28.8 Å². The van der Waals surface area contributed by atoms with E-state index in [9.17, 15) is 4.79 Å². The molecular weight excluding hydrogens is 228 g/mol. The zero-order valence-electron chi connectivity index (χ0n) is 8.36. The maximum absolute atomic E-state index is 11.6. The number of nitrogens with one attached hydrogen (secondary N) is 2. The molecule has 1 fully saturated rings. The first-order valence-corrected chi connectivity index (χ1v) is 7.06. The zero-order valence-corrected chi connectivity index (χ0v) is 10.00. The van der Waals surface area contributed by atoms with Crippen molar-refractivity contribution in [3.8, 4) is 0 Å². The molecule has 0 radical (unpaired) electrons. The van der Waals surface area contributed by atoms with Gasteiger partial charge in [0.15, 0.2) is 0 Å². The van der Waals surface area contributed by atoms with Gasteiger partial charge in [-0.1, -0.05) is 0 Å². The number of carbonyl (C=O) groups is 1. The molecule has 3 nitrogen and oxygen atoms in total. The van der Waals surface area contributed by atoms with Crippen LogP contribution in [-0.2, 0) is 11.2 Å². The summed E-state index contributed by atoms with van der Waals surface area (Å²) in [6.07, 6.45) is 0.926. The summed E-state index contributed by atoms with van der Waals surface area (Å²) in [4.78, 5) is 11.6. The van der Waals surface area contributed by atoms with Crippen LogP contribution >= 0.6 is 23.1 Å². The van der Waals surface area contributed by atoms with Gasteiger partial charge in [-0.3, -0.25) is 10.1 Å². The highest BCUT2D eigenvalue weighted by Gasteiger charge is 2.21. The van der Waals surface area contributed by atoms with Crippen LogP contribution in [0, 0.1) is 0 Å². The molecule has 1 amide bonds. The maximum Gasteiger partial charge on any atom is 0.238 e. The third-order valence-electron chi connectivity index (χ3n) is 2.33. The van der Waals surface area contributed by atoms with Crippen molar-refractivity contribution < 1.29 is 4.79 Å². The number of hydrogen-bond donors (Lipinski definition) is 2. The van der Waals surface area contributed by atoms with Gasteiger partial charge in [0, 0.05) is 18.2 Å². The average Bonchev–Trinajstić information content (AvgIpc) is 2.90. The number of carbonyl (C=O) groups excluding carboxylic acids is 1. The lowest BCUT2D eigenvalue weighted by atomic mass is 10.2. The van der Waals surface area contributed by atoms with Gasteiger partial charge < -0.3 is 5.32 Å². The second kappa shape index (κ2) is 5.53. The SMILES string of the molecule is O=C(NCCc1ccsc1)C1CSCN1. The van der Waals surface area contributed by atoms with Crippen LogP contribution < -0.4 is 10.6 Å². The number of hydrogen-bond acceptors (Lipinski definition) is 4. The van der Waals surface area contributed by atoms with Crippen molar-refractivity contribution in [1.29, 1.82) is 0 Å². The van der Waals surface area contributed by atoms with Gasteiger partial charge >= 0.3 is 0 Å². The van der Waals surface area contributed by atoms with Crippen molar-refractivity contribution in [3.05, 3.63) is 22.4 Å². The highest BCUT2D eigenvalue weighted by molar-refractivity contribution is 7.99. The number of thioether (sulfide) groups is 1. The summed E-state index contributed by atoms with van der Waals surface area (Å²) in [7, 11) is 0. The topological polar surface area (TPSA) is 41.1 Å². The predicted octanol–water partition coefficient (Wildman–Crippen LogP) is 1.07. The Kier molecular flexibility index (Phi) is 4.05. The van der Waals surface area contributed by atoms with Crippen LogP contribution in [0.15, 0.2) is 16.8 Å². The number of thiophene rings is 1. The first-order chi connectivity index (χ1) is 7.36. The van der Waals surface area contributed by atoms with E-state index in [0.29, 0.717) is 0 Å². The molecule has 15 heavy (non-hydrogen) atoms. The second-order valence-electron chi connectivity index (χ2n) is 3.44. The minimum atomic E-state index is 0.0116. The molecule has 2 heterocycles. The first kappa shape index (κ1) is 11.0. The monoisotopic (exact) mass is 242 g/mol. The Balaban J connectivity index is 1.67. The van der Waals surface area contributed by atoms with Crippen LogP contribution in [0.3, 0.4) is 0 Å². The Morgan fingerprint density at radius 1 is 1.67 bits per heavy atom. The summed E-state index contributed by atoms with van der Waals surface area (Å²) in [6, 6.07) is 2.11. The molecule has 1 aromatic heterocycles. The minimum absolute atomic E-state index is 0.0116. The lowest BCUT2D eigenvalue weighted by Gasteiger charge is -2.09. The third kappa shape index (κ3) is 3.22. The fourth-order valence-corrected chi connectivity index (χ4v) is 3.10. The van der Waals surface area contributed by atoms with E-state index < -0.39 is 0 Å². The lowest BCUT2D eigenvalue weighted by molar-refractivity contribution is -0.122. The minimum Gasteiger partial charge on any atom is -0.354 e. The molecule has 0 aromatic carbocycles. The molecule has 1 aliphatic heterocycles. The van der Waals surface area contributed by atoms with Gasteiger partial charge in [-0.2, -0.15) is 11.3 Å². The Morgan fingerprint density at radius 2 is 2.60 bits per heavy atom. The molecular formula is C10H14N2OS2. The van der Waals surface area contributed by atoms with E-state index in [1.165, 1.54) is 5.56 Å². The van der Waals surface area contributed by atoms with Crippen molar-refractivity contribution in [3.63, 3.8) is 0 Å². The molecule has 1 aromatic rings. The van der Waals surface area contributed by atoms with E-state index in [-0.39, 0.29) is 11.9 Å². The molecule has 82 valence electrons. The van der Waals surface area contributed by atoms with Crippen LogP contribution in [0.1, 0.15) is 5.56 Å². The van der Waals surface area contributed by atoms with E-state index in [4.69, 9.17) is 0 Å². The van der Waals surface area contributed by atoms with E-state index in [1.54, 1.807) is 23.1 Å². The summed E-state index contributed by atoms with van der Waals surface area (Å²) >= 11 is 3.47. The number of amides is 1. The average molecular weight is 242 g/mol. The summed E-state index contributed by atoms with van der Waals surface area (Å²) in [6.45, 7) is 0.735. The van der Waals surface area contributed by atoms with E-state index in [0.717, 1.165) is 24.6 Å². The maximum atomic E-state index is 11.6. The highest BCUT2D eigenvalue weighted by atomic mass is 32.2. The van der Waals surface area contributed by atoms with Gasteiger partial charge in [-0.15, -0.1) is 11.8 Å². The van der Waals surface area contributed by atoms with Crippen molar-refractivity contribution >= 4 is 29.0 Å². The van der Waals surface area contributed by atoms with Gasteiger partial charge in [-0.25, -0.2) is 0 Å². The molecule has 5 heteroatoms. The van der Waals surface area contributed by atoms with Crippen LogP contribution in [-0.4, -0.2) is 30.1 Å². The standard InChI is InChI=1S/C10H14N2OS2/c13-10(9-6-15-7-12-9)11-3-1-8-2-4-14-5-8/h2,4-5,9,12H,1,3,6-7H2,(H,11,13). The molecule has 2 N–H and O–H groups in total. The summed E-state index contributed by atoms with van der Waals surface area (Å²) in [5.41, 5.74) is 1.30. The van der Waals surface area contributed by atoms with E-state index in [1.807, 2.05) is 0 Å². The third-order valence-corrected chi connectivity index (χ3v) is 4.00. The van der Waals surface area contributed by atoms with Crippen LogP contribution in [0.5, 0.6) is 0 Å². The molecule has 0 saturated carbocycles. The highest BCUT2D eigenvalue weighted by Crippen LogP contribution is 2.09. The molecule has 1 atom stereocenters. The second-order valence-corrected chi connectivity index (χ2v) is 5.25. The molecule has 1 unspecified atom stereocenters. The fourth-order valence-electron chi connectivity index (χ4n) is 1.45. The fraction of sp³-hybridized carbons (Fsp3) is 0.500. The molecule has 0 spiro atoms. The molecule has 0 bridgehead atoms. The summed E-state index contributed by atoms with van der Waals surface area (Å²) in [5.74, 6) is 1.92. The Labute approximate surface area is 97.6 Å². The molecule has 1 aliphatic rings. The van der Waals surface area contributed by atoms with Gasteiger partial charge in [0.25, 0.3) is 0 Å². The molecule has 2 rings (SSSR count). The van der Waals surface area contributed by atoms with Crippen LogP contribution in [0.25, 0.3) is 0 Å². The molecule has 1 saturated heterocycles. The van der Waals surface area contributed by atoms with Crippen LogP contribution in [0.2, 0.25) is 0 Å². The van der Waals surface area contributed by atoms with Gasteiger partial charge in [0.05, 0.1) is 6.04 Å². The Bertz CT molecular complexity index is 307. The summed E-state index contributed by atoms with van der Waals surface area (Å²) < 4.78 is 0. The Hall–Kier alpha value is -0.520. The predicted molar refractivity (Wildman–Crippen MR) is 65.3 cm³/mol. The van der Waals surface area contributed by atoms with Crippen molar-refractivity contribution in [2.45, 2.75) is 12.5 Å². The van der Waals surface area contributed by atoms with Gasteiger partial charge in [0.2, 0.25) is 5.91 Å². The van der Waals surface area contributed by atoms with E-state index in [2.05, 4.69) is 27.5 Å². The summed E-state index contributed by atoms with van der Waals surface area (Å²) in [5, 5.41) is 10.3. The number of rotatable bonds is 4. The largest absolute Gasteiger partial charge is 0.354 e. The lowest BCUT2D eigenvalue weighted by Crippen LogP contribution is -2.42. The first-order valence-electron chi connectivity index (χ1n) is 4.96. The van der Waals surface area contributed by atoms with Gasteiger partial charge in [0.1, 0.15) is 0 Å². The Morgan fingerprint density at radius 3 is 3.27 bits per heavy atom. The molecule has 0 aliphatic carbocycles. The normalized spacial score (nSPS) is 20.4. The van der Waals surface area contributed by atoms with E-state index >= 15 is 0 Å². The zero-order chi connectivity index (χ0) is 10.5. The van der Waals surface area contributed by atoms with Crippen molar-refractivity contribution in [1.82, 2.24) is 10.6 Å².